The van der Waals surface area contributed by atoms with Crippen molar-refractivity contribution in [1.29, 1.82) is 0 Å². The van der Waals surface area contributed by atoms with E-state index in [0.29, 0.717) is 18.5 Å². The number of thioether (sulfide) groups is 1. The Bertz CT molecular complexity index is 212. The molecule has 80 valence electrons. The van der Waals surface area contributed by atoms with Crippen LogP contribution in [0.5, 0.6) is 0 Å². The van der Waals surface area contributed by atoms with Crippen molar-refractivity contribution in [2.45, 2.75) is 43.5 Å². The van der Waals surface area contributed by atoms with Crippen LogP contribution in [0.15, 0.2) is 0 Å². The predicted octanol–water partition coefficient (Wildman–Crippen LogP) is 0.749. The van der Waals surface area contributed by atoms with E-state index in [1.54, 1.807) is 0 Å². The molecule has 2 fully saturated rings. The summed E-state index contributed by atoms with van der Waals surface area (Å²) < 4.78 is 0. The van der Waals surface area contributed by atoms with Gasteiger partial charge in [-0.2, -0.15) is 11.8 Å². The van der Waals surface area contributed by atoms with Gasteiger partial charge in [-0.15, -0.1) is 0 Å². The van der Waals surface area contributed by atoms with E-state index < -0.39 is 0 Å². The third-order valence-electron chi connectivity index (χ3n) is 2.94. The molecule has 3 unspecified atom stereocenters. The minimum Gasteiger partial charge on any atom is -0.355 e. The zero-order chi connectivity index (χ0) is 9.97. The molecule has 2 aliphatic rings. The van der Waals surface area contributed by atoms with Crippen LogP contribution in [0.4, 0.5) is 0 Å². The van der Waals surface area contributed by atoms with Crippen molar-refractivity contribution in [3.8, 4) is 0 Å². The first-order valence-electron chi connectivity index (χ1n) is 5.38. The molecule has 0 bridgehead atoms. The largest absolute Gasteiger partial charge is 0.355 e. The van der Waals surface area contributed by atoms with Crippen molar-refractivity contribution in [1.82, 2.24) is 10.6 Å². The summed E-state index contributed by atoms with van der Waals surface area (Å²) in [6.07, 6.45) is 2.96. The Balaban J connectivity index is 1.72. The van der Waals surface area contributed by atoms with Crippen molar-refractivity contribution in [2.75, 3.05) is 12.3 Å². The number of piperidine rings is 1. The lowest BCUT2D eigenvalue weighted by Gasteiger charge is -2.26. The fourth-order valence-electron chi connectivity index (χ4n) is 2.14. The second kappa shape index (κ2) is 4.53. The number of nitrogens with one attached hydrogen (secondary N) is 2. The SMILES string of the molecule is CC1CC(NC2CCC(=O)NC2)CS1. The molecule has 0 aliphatic carbocycles. The minimum atomic E-state index is 0.206. The molecule has 2 N–H and O–H groups in total. The summed E-state index contributed by atoms with van der Waals surface area (Å²) in [5.41, 5.74) is 0. The highest BCUT2D eigenvalue weighted by molar-refractivity contribution is 8.00. The average Bonchev–Trinajstić information content (AvgIpc) is 2.56. The molecule has 3 atom stereocenters. The van der Waals surface area contributed by atoms with Crippen LogP contribution in [0.25, 0.3) is 0 Å². The Hall–Kier alpha value is -0.220. The quantitative estimate of drug-likeness (QED) is 0.712. The zero-order valence-electron chi connectivity index (χ0n) is 8.58. The van der Waals surface area contributed by atoms with Crippen LogP contribution >= 0.6 is 11.8 Å². The van der Waals surface area contributed by atoms with Crippen molar-refractivity contribution in [2.24, 2.45) is 0 Å². The highest BCUT2D eigenvalue weighted by atomic mass is 32.2. The van der Waals surface area contributed by atoms with E-state index in [9.17, 15) is 4.79 Å². The van der Waals surface area contributed by atoms with Gasteiger partial charge in [0.2, 0.25) is 5.91 Å². The number of carbonyl (C=O) groups excluding carboxylic acids is 1. The lowest BCUT2D eigenvalue weighted by atomic mass is 10.1. The van der Waals surface area contributed by atoms with Gasteiger partial charge < -0.3 is 10.6 Å². The van der Waals surface area contributed by atoms with Gasteiger partial charge in [0.1, 0.15) is 0 Å². The van der Waals surface area contributed by atoms with E-state index in [1.165, 1.54) is 12.2 Å². The van der Waals surface area contributed by atoms with Gasteiger partial charge in [-0.25, -0.2) is 0 Å². The highest BCUT2D eigenvalue weighted by Crippen LogP contribution is 2.26. The number of hydrogen-bond acceptors (Lipinski definition) is 3. The summed E-state index contributed by atoms with van der Waals surface area (Å²) in [6.45, 7) is 3.10. The minimum absolute atomic E-state index is 0.206. The van der Waals surface area contributed by atoms with Crippen molar-refractivity contribution in [3.05, 3.63) is 0 Å². The maximum Gasteiger partial charge on any atom is 0.220 e. The topological polar surface area (TPSA) is 41.1 Å². The molecule has 14 heavy (non-hydrogen) atoms. The third kappa shape index (κ3) is 2.64. The van der Waals surface area contributed by atoms with Crippen LogP contribution in [-0.2, 0) is 4.79 Å². The van der Waals surface area contributed by atoms with Gasteiger partial charge in [-0.3, -0.25) is 4.79 Å². The van der Waals surface area contributed by atoms with E-state index in [1.807, 2.05) is 11.8 Å². The van der Waals surface area contributed by atoms with E-state index in [4.69, 9.17) is 0 Å². The summed E-state index contributed by atoms with van der Waals surface area (Å²) >= 11 is 2.04. The first kappa shape index (κ1) is 10.3. The van der Waals surface area contributed by atoms with E-state index >= 15 is 0 Å². The van der Waals surface area contributed by atoms with Gasteiger partial charge in [0.15, 0.2) is 0 Å². The lowest BCUT2D eigenvalue weighted by Crippen LogP contribution is -2.49. The van der Waals surface area contributed by atoms with Crippen LogP contribution in [0.2, 0.25) is 0 Å². The Morgan fingerprint density at radius 2 is 2.36 bits per heavy atom. The van der Waals surface area contributed by atoms with Crippen LogP contribution in [-0.4, -0.2) is 35.5 Å². The van der Waals surface area contributed by atoms with Gasteiger partial charge >= 0.3 is 0 Å². The van der Waals surface area contributed by atoms with Crippen LogP contribution in [0, 0.1) is 0 Å². The molecule has 4 heteroatoms. The number of amides is 1. The second-order valence-corrected chi connectivity index (χ2v) is 5.75. The smallest absolute Gasteiger partial charge is 0.220 e. The monoisotopic (exact) mass is 214 g/mol. The Morgan fingerprint density at radius 3 is 2.93 bits per heavy atom. The Labute approximate surface area is 89.4 Å². The number of rotatable bonds is 2. The predicted molar refractivity (Wildman–Crippen MR) is 59.5 cm³/mol. The molecule has 0 radical (unpaired) electrons. The van der Waals surface area contributed by atoms with Crippen LogP contribution < -0.4 is 10.6 Å². The molecule has 2 rings (SSSR count). The maximum atomic E-state index is 11.0. The second-order valence-electron chi connectivity index (χ2n) is 4.28. The van der Waals surface area contributed by atoms with Gasteiger partial charge in [0.25, 0.3) is 0 Å². The van der Waals surface area contributed by atoms with Crippen LogP contribution in [0.3, 0.4) is 0 Å². The molecule has 0 aromatic carbocycles. The molecule has 2 aliphatic heterocycles. The average molecular weight is 214 g/mol. The van der Waals surface area contributed by atoms with Crippen molar-refractivity contribution < 1.29 is 4.79 Å². The van der Waals surface area contributed by atoms with Gasteiger partial charge in [0, 0.05) is 36.1 Å². The van der Waals surface area contributed by atoms with Crippen molar-refractivity contribution in [3.63, 3.8) is 0 Å². The van der Waals surface area contributed by atoms with E-state index in [0.717, 1.165) is 18.2 Å². The molecule has 1 amide bonds. The fourth-order valence-corrected chi connectivity index (χ4v) is 3.30. The molecule has 0 saturated carbocycles. The van der Waals surface area contributed by atoms with Crippen LogP contribution in [0.1, 0.15) is 26.2 Å². The first-order valence-corrected chi connectivity index (χ1v) is 6.43. The number of carbonyl (C=O) groups is 1. The third-order valence-corrected chi connectivity index (χ3v) is 4.29. The first-order chi connectivity index (χ1) is 6.74. The molecule has 0 aromatic heterocycles. The molecule has 2 heterocycles. The Morgan fingerprint density at radius 1 is 1.50 bits per heavy atom. The van der Waals surface area contributed by atoms with Gasteiger partial charge in [-0.05, 0) is 12.8 Å². The van der Waals surface area contributed by atoms with E-state index in [2.05, 4.69) is 17.6 Å². The standard InChI is InChI=1S/C10H18N2OS/c1-7-4-9(6-14-7)12-8-2-3-10(13)11-5-8/h7-9,12H,2-6H2,1H3,(H,11,13). The zero-order valence-corrected chi connectivity index (χ0v) is 9.40. The maximum absolute atomic E-state index is 11.0. The molecule has 2 saturated heterocycles. The summed E-state index contributed by atoms with van der Waals surface area (Å²) in [4.78, 5) is 11.0. The number of hydrogen-bond donors (Lipinski definition) is 2. The molecular formula is C10H18N2OS. The molecule has 3 nitrogen and oxygen atoms in total. The molecular weight excluding hydrogens is 196 g/mol. The molecule has 0 spiro atoms. The van der Waals surface area contributed by atoms with Crippen molar-refractivity contribution >= 4 is 17.7 Å². The summed E-state index contributed by atoms with van der Waals surface area (Å²) in [6, 6.07) is 1.17. The lowest BCUT2D eigenvalue weighted by molar-refractivity contribution is -0.122. The fraction of sp³-hybridized carbons (Fsp3) is 0.900. The Kier molecular flexibility index (Phi) is 3.34. The highest BCUT2D eigenvalue weighted by Gasteiger charge is 2.25. The summed E-state index contributed by atoms with van der Waals surface area (Å²) in [5, 5.41) is 7.34. The normalized spacial score (nSPS) is 38.4. The summed E-state index contributed by atoms with van der Waals surface area (Å²) in [7, 11) is 0. The molecule has 0 aromatic rings. The van der Waals surface area contributed by atoms with Gasteiger partial charge in [0.05, 0.1) is 0 Å². The summed E-state index contributed by atoms with van der Waals surface area (Å²) in [5.74, 6) is 1.43. The van der Waals surface area contributed by atoms with Gasteiger partial charge in [-0.1, -0.05) is 6.92 Å². The van der Waals surface area contributed by atoms with E-state index in [-0.39, 0.29) is 5.91 Å².